The van der Waals surface area contributed by atoms with E-state index < -0.39 is 5.82 Å². The number of aliphatic hydroxyl groups excluding tert-OH is 1. The van der Waals surface area contributed by atoms with Gasteiger partial charge in [-0.1, -0.05) is 36.4 Å². The van der Waals surface area contributed by atoms with Crippen LogP contribution in [0.4, 0.5) is 10.1 Å². The highest BCUT2D eigenvalue weighted by atomic mass is 19.1. The molecule has 5 heteroatoms. The molecule has 2 heterocycles. The van der Waals surface area contributed by atoms with E-state index in [0.29, 0.717) is 11.3 Å². The van der Waals surface area contributed by atoms with Crippen molar-refractivity contribution in [2.45, 2.75) is 31.1 Å². The number of anilines is 1. The molecule has 0 amide bonds. The molecule has 0 spiro atoms. The number of hydrogen-bond donors (Lipinski definition) is 3. The van der Waals surface area contributed by atoms with Gasteiger partial charge in [-0.3, -0.25) is 0 Å². The number of benzene rings is 2. The third kappa shape index (κ3) is 2.44. The van der Waals surface area contributed by atoms with E-state index in [1.54, 1.807) is 6.07 Å². The van der Waals surface area contributed by atoms with Gasteiger partial charge in [0.15, 0.2) is 11.6 Å². The number of phenols is 1. The zero-order valence-electron chi connectivity index (χ0n) is 13.2. The lowest BCUT2D eigenvalue weighted by Gasteiger charge is -2.45. The van der Waals surface area contributed by atoms with Crippen LogP contribution in [0, 0.1) is 11.7 Å². The number of hydrogen-bond acceptors (Lipinski definition) is 4. The Balaban J connectivity index is 1.80. The summed E-state index contributed by atoms with van der Waals surface area (Å²) in [5.74, 6) is -0.880. The quantitative estimate of drug-likeness (QED) is 0.789. The second-order valence-electron chi connectivity index (χ2n) is 6.50. The lowest BCUT2D eigenvalue weighted by Crippen LogP contribution is -2.40. The molecule has 126 valence electrons. The number of phenolic OH excluding ortho intramolecular Hbond substituents is 1. The van der Waals surface area contributed by atoms with E-state index in [0.717, 1.165) is 18.4 Å². The standard InChI is InChI=1S/C19H20FNO3/c20-16-15(23)9-8-14-18(16)21-17(11-4-2-1-3-5-11)13-7-6-12(10-22)24-19(13)14/h1-5,8-9,12-13,17,19,21-23H,6-7,10H2/t12?,13?,17-,19?/m0/s1. The Kier molecular flexibility index (Phi) is 3.90. The van der Waals surface area contributed by atoms with Crippen molar-refractivity contribution >= 4 is 5.69 Å². The van der Waals surface area contributed by atoms with Crippen LogP contribution in [0.15, 0.2) is 42.5 Å². The number of aromatic hydroxyl groups is 1. The molecule has 0 saturated carbocycles. The van der Waals surface area contributed by atoms with Crippen LogP contribution in [0.1, 0.15) is 36.1 Å². The molecule has 0 aromatic heterocycles. The first-order valence-corrected chi connectivity index (χ1v) is 8.28. The fourth-order valence-electron chi connectivity index (χ4n) is 3.90. The molecule has 3 unspecified atom stereocenters. The van der Waals surface area contributed by atoms with Crippen LogP contribution in [-0.4, -0.2) is 22.9 Å². The maximum Gasteiger partial charge on any atom is 0.188 e. The first-order chi connectivity index (χ1) is 11.7. The molecule has 2 aliphatic rings. The van der Waals surface area contributed by atoms with Gasteiger partial charge in [0.05, 0.1) is 30.5 Å². The monoisotopic (exact) mass is 329 g/mol. The molecular weight excluding hydrogens is 309 g/mol. The number of aliphatic hydroxyl groups is 1. The Bertz CT molecular complexity index is 737. The Morgan fingerprint density at radius 3 is 2.67 bits per heavy atom. The van der Waals surface area contributed by atoms with Gasteiger partial charge in [-0.2, -0.15) is 0 Å². The molecule has 2 aromatic carbocycles. The summed E-state index contributed by atoms with van der Waals surface area (Å²) in [6, 6.07) is 12.9. The topological polar surface area (TPSA) is 61.7 Å². The van der Waals surface area contributed by atoms with E-state index >= 15 is 0 Å². The Morgan fingerprint density at radius 1 is 1.12 bits per heavy atom. The zero-order chi connectivity index (χ0) is 16.7. The third-order valence-corrected chi connectivity index (χ3v) is 5.10. The second-order valence-corrected chi connectivity index (χ2v) is 6.50. The Morgan fingerprint density at radius 2 is 1.92 bits per heavy atom. The number of fused-ring (bicyclic) bond motifs is 3. The van der Waals surface area contributed by atoms with Crippen LogP contribution in [0.5, 0.6) is 5.75 Å². The third-order valence-electron chi connectivity index (χ3n) is 5.10. The molecule has 1 fully saturated rings. The molecule has 0 bridgehead atoms. The molecule has 2 aliphatic heterocycles. The minimum atomic E-state index is -0.651. The first kappa shape index (κ1) is 15.4. The minimum Gasteiger partial charge on any atom is -0.505 e. The van der Waals surface area contributed by atoms with Gasteiger partial charge in [-0.05, 0) is 24.5 Å². The van der Waals surface area contributed by atoms with Gasteiger partial charge in [0.25, 0.3) is 0 Å². The number of ether oxygens (including phenoxy) is 1. The lowest BCUT2D eigenvalue weighted by atomic mass is 9.76. The summed E-state index contributed by atoms with van der Waals surface area (Å²) in [4.78, 5) is 0. The van der Waals surface area contributed by atoms with Crippen molar-refractivity contribution in [2.24, 2.45) is 5.92 Å². The van der Waals surface area contributed by atoms with Gasteiger partial charge in [-0.25, -0.2) is 4.39 Å². The fraction of sp³-hybridized carbons (Fsp3) is 0.368. The first-order valence-electron chi connectivity index (χ1n) is 8.28. The van der Waals surface area contributed by atoms with Crippen molar-refractivity contribution in [2.75, 3.05) is 11.9 Å². The van der Waals surface area contributed by atoms with E-state index in [1.165, 1.54) is 6.07 Å². The smallest absolute Gasteiger partial charge is 0.188 e. The van der Waals surface area contributed by atoms with Crippen LogP contribution >= 0.6 is 0 Å². The van der Waals surface area contributed by atoms with Gasteiger partial charge in [0.1, 0.15) is 0 Å². The summed E-state index contributed by atoms with van der Waals surface area (Å²) in [5.41, 5.74) is 2.07. The van der Waals surface area contributed by atoms with Crippen molar-refractivity contribution in [3.63, 3.8) is 0 Å². The van der Waals surface area contributed by atoms with E-state index in [2.05, 4.69) is 5.32 Å². The molecular formula is C19H20FNO3. The normalized spacial score (nSPS) is 28.6. The maximum absolute atomic E-state index is 14.5. The number of nitrogens with one attached hydrogen (secondary N) is 1. The highest BCUT2D eigenvalue weighted by molar-refractivity contribution is 5.61. The maximum atomic E-state index is 14.5. The van der Waals surface area contributed by atoms with Crippen molar-refractivity contribution in [1.82, 2.24) is 0 Å². The SMILES string of the molecule is OCC1CCC2C(O1)c1ccc(O)c(F)c1N[C@H]2c1ccccc1. The predicted octanol–water partition coefficient (Wildman–Crippen LogP) is 3.53. The van der Waals surface area contributed by atoms with Crippen LogP contribution in [0.25, 0.3) is 0 Å². The predicted molar refractivity (Wildman–Crippen MR) is 88.3 cm³/mol. The Labute approximate surface area is 139 Å². The summed E-state index contributed by atoms with van der Waals surface area (Å²) in [6.07, 6.45) is 1.13. The average molecular weight is 329 g/mol. The van der Waals surface area contributed by atoms with Gasteiger partial charge < -0.3 is 20.3 Å². The van der Waals surface area contributed by atoms with Gasteiger partial charge in [0.2, 0.25) is 0 Å². The zero-order valence-corrected chi connectivity index (χ0v) is 13.2. The summed E-state index contributed by atoms with van der Waals surface area (Å²) in [7, 11) is 0. The minimum absolute atomic E-state index is 0.0391. The summed E-state index contributed by atoms with van der Waals surface area (Å²) >= 11 is 0. The highest BCUT2D eigenvalue weighted by Gasteiger charge is 2.43. The molecule has 3 N–H and O–H groups in total. The molecule has 0 radical (unpaired) electrons. The summed E-state index contributed by atoms with van der Waals surface area (Å²) in [6.45, 7) is -0.0391. The molecule has 4 rings (SSSR count). The largest absolute Gasteiger partial charge is 0.505 e. The number of rotatable bonds is 2. The lowest BCUT2D eigenvalue weighted by molar-refractivity contribution is -0.110. The molecule has 24 heavy (non-hydrogen) atoms. The molecule has 0 aliphatic carbocycles. The summed E-state index contributed by atoms with van der Waals surface area (Å²) < 4.78 is 20.6. The van der Waals surface area contributed by atoms with E-state index in [-0.39, 0.29) is 36.5 Å². The number of halogens is 1. The fourth-order valence-corrected chi connectivity index (χ4v) is 3.90. The van der Waals surface area contributed by atoms with E-state index in [4.69, 9.17) is 4.74 Å². The van der Waals surface area contributed by atoms with Gasteiger partial charge in [-0.15, -0.1) is 0 Å². The van der Waals surface area contributed by atoms with E-state index in [9.17, 15) is 14.6 Å². The molecule has 1 saturated heterocycles. The van der Waals surface area contributed by atoms with Crippen molar-refractivity contribution in [3.05, 3.63) is 59.4 Å². The highest BCUT2D eigenvalue weighted by Crippen LogP contribution is 2.51. The van der Waals surface area contributed by atoms with E-state index in [1.807, 2.05) is 30.3 Å². The Hall–Kier alpha value is -2.11. The van der Waals surface area contributed by atoms with Gasteiger partial charge in [0, 0.05) is 11.5 Å². The molecule has 2 aromatic rings. The van der Waals surface area contributed by atoms with Crippen molar-refractivity contribution in [3.8, 4) is 5.75 Å². The molecule has 4 nitrogen and oxygen atoms in total. The van der Waals surface area contributed by atoms with Gasteiger partial charge >= 0.3 is 0 Å². The van der Waals surface area contributed by atoms with Crippen LogP contribution in [0.2, 0.25) is 0 Å². The van der Waals surface area contributed by atoms with Crippen LogP contribution in [0.3, 0.4) is 0 Å². The summed E-state index contributed by atoms with van der Waals surface area (Å²) in [5, 5.41) is 22.5. The van der Waals surface area contributed by atoms with Crippen LogP contribution in [-0.2, 0) is 4.74 Å². The van der Waals surface area contributed by atoms with Crippen LogP contribution < -0.4 is 5.32 Å². The average Bonchev–Trinajstić information content (AvgIpc) is 2.64. The molecule has 4 atom stereocenters. The second kappa shape index (κ2) is 6.07. The van der Waals surface area contributed by atoms with Crippen molar-refractivity contribution < 1.29 is 19.3 Å². The van der Waals surface area contributed by atoms with Crippen molar-refractivity contribution in [1.29, 1.82) is 0 Å².